The molecule has 0 aromatic heterocycles. The van der Waals surface area contributed by atoms with Crippen molar-refractivity contribution < 1.29 is 4.79 Å². The van der Waals surface area contributed by atoms with Gasteiger partial charge in [0.2, 0.25) is 0 Å². The Labute approximate surface area is 110 Å². The number of anilines is 1. The van der Waals surface area contributed by atoms with Gasteiger partial charge in [0.1, 0.15) is 0 Å². The predicted molar refractivity (Wildman–Crippen MR) is 76.5 cm³/mol. The molecule has 0 aliphatic rings. The lowest BCUT2D eigenvalue weighted by Gasteiger charge is -2.33. The van der Waals surface area contributed by atoms with Crippen LogP contribution in [0.15, 0.2) is 24.3 Å². The van der Waals surface area contributed by atoms with E-state index in [0.29, 0.717) is 11.3 Å². The van der Waals surface area contributed by atoms with Crippen LogP contribution in [0.25, 0.3) is 0 Å². The molecular weight excluding hydrogens is 224 g/mol. The lowest BCUT2D eigenvalue weighted by atomic mass is 9.81. The molecule has 3 N–H and O–H groups in total. The number of amides is 1. The van der Waals surface area contributed by atoms with Gasteiger partial charge in [-0.1, -0.05) is 32.9 Å². The van der Waals surface area contributed by atoms with Crippen LogP contribution in [0, 0.1) is 5.41 Å². The molecular formula is C15H24N2O. The third kappa shape index (κ3) is 4.40. The highest BCUT2D eigenvalue weighted by molar-refractivity contribution is 5.99. The van der Waals surface area contributed by atoms with Crippen LogP contribution in [0.3, 0.4) is 0 Å². The van der Waals surface area contributed by atoms with Crippen molar-refractivity contribution >= 4 is 11.6 Å². The molecule has 18 heavy (non-hydrogen) atoms. The lowest BCUT2D eigenvalue weighted by Crippen LogP contribution is -2.45. The van der Waals surface area contributed by atoms with Crippen molar-refractivity contribution in [1.29, 1.82) is 0 Å². The first kappa shape index (κ1) is 14.6. The summed E-state index contributed by atoms with van der Waals surface area (Å²) in [5, 5.41) is 3.05. The van der Waals surface area contributed by atoms with Crippen LogP contribution in [-0.2, 0) is 0 Å². The van der Waals surface area contributed by atoms with Crippen molar-refractivity contribution in [2.24, 2.45) is 5.41 Å². The number of rotatable bonds is 3. The summed E-state index contributed by atoms with van der Waals surface area (Å²) in [5.74, 6) is -0.109. The highest BCUT2D eigenvalue weighted by atomic mass is 16.1. The highest BCUT2D eigenvalue weighted by Gasteiger charge is 2.27. The zero-order valence-electron chi connectivity index (χ0n) is 12.0. The first-order valence-electron chi connectivity index (χ1n) is 6.28. The van der Waals surface area contributed by atoms with Crippen molar-refractivity contribution in [3.63, 3.8) is 0 Å². The maximum atomic E-state index is 12.2. The maximum absolute atomic E-state index is 12.2. The minimum Gasteiger partial charge on any atom is -0.398 e. The zero-order chi connectivity index (χ0) is 14.0. The number of para-hydroxylation sites is 1. The monoisotopic (exact) mass is 248 g/mol. The normalized spacial score (nSPS) is 12.3. The quantitative estimate of drug-likeness (QED) is 0.807. The number of nitrogens with one attached hydrogen (secondary N) is 1. The summed E-state index contributed by atoms with van der Waals surface area (Å²) < 4.78 is 0. The fraction of sp³-hybridized carbons (Fsp3) is 0.533. The molecule has 1 aromatic carbocycles. The van der Waals surface area contributed by atoms with Gasteiger partial charge in [-0.25, -0.2) is 0 Å². The molecule has 0 radical (unpaired) electrons. The smallest absolute Gasteiger partial charge is 0.253 e. The first-order valence-corrected chi connectivity index (χ1v) is 6.28. The highest BCUT2D eigenvalue weighted by Crippen LogP contribution is 2.27. The third-order valence-corrected chi connectivity index (χ3v) is 2.63. The molecule has 0 aliphatic carbocycles. The SMILES string of the molecule is CC(C)(C)CC(C)(C)NC(=O)c1ccccc1N. The number of carbonyl (C=O) groups is 1. The van der Waals surface area contributed by atoms with E-state index in [2.05, 4.69) is 26.1 Å². The molecule has 0 unspecified atom stereocenters. The topological polar surface area (TPSA) is 55.1 Å². The van der Waals surface area contributed by atoms with Gasteiger partial charge in [0, 0.05) is 11.2 Å². The Morgan fingerprint density at radius 1 is 1.17 bits per heavy atom. The molecule has 0 saturated heterocycles. The van der Waals surface area contributed by atoms with E-state index < -0.39 is 0 Å². The summed E-state index contributed by atoms with van der Waals surface area (Å²) >= 11 is 0. The van der Waals surface area contributed by atoms with Gasteiger partial charge < -0.3 is 11.1 Å². The average Bonchev–Trinajstić information content (AvgIpc) is 2.12. The summed E-state index contributed by atoms with van der Waals surface area (Å²) in [6.07, 6.45) is 0.901. The van der Waals surface area contributed by atoms with Crippen LogP contribution in [-0.4, -0.2) is 11.4 Å². The van der Waals surface area contributed by atoms with E-state index in [9.17, 15) is 4.79 Å². The average molecular weight is 248 g/mol. The number of hydrogen-bond donors (Lipinski definition) is 2. The molecule has 0 atom stereocenters. The number of nitrogens with two attached hydrogens (primary N) is 1. The van der Waals surface area contributed by atoms with Gasteiger partial charge in [0.15, 0.2) is 0 Å². The Balaban J connectivity index is 2.79. The van der Waals surface area contributed by atoms with Crippen LogP contribution < -0.4 is 11.1 Å². The third-order valence-electron chi connectivity index (χ3n) is 2.63. The fourth-order valence-electron chi connectivity index (χ4n) is 2.45. The second-order valence-corrected chi connectivity index (χ2v) is 6.66. The Kier molecular flexibility index (Phi) is 4.05. The van der Waals surface area contributed by atoms with Crippen LogP contribution in [0.4, 0.5) is 5.69 Å². The molecule has 0 heterocycles. The molecule has 100 valence electrons. The summed E-state index contributed by atoms with van der Waals surface area (Å²) in [7, 11) is 0. The number of benzene rings is 1. The minimum absolute atomic E-state index is 0.109. The van der Waals surface area contributed by atoms with Crippen molar-refractivity contribution in [2.75, 3.05) is 5.73 Å². The predicted octanol–water partition coefficient (Wildman–Crippen LogP) is 3.21. The Morgan fingerprint density at radius 3 is 2.22 bits per heavy atom. The molecule has 0 fully saturated rings. The van der Waals surface area contributed by atoms with Gasteiger partial charge in [-0.2, -0.15) is 0 Å². The zero-order valence-corrected chi connectivity index (χ0v) is 12.0. The summed E-state index contributed by atoms with van der Waals surface area (Å²) in [4.78, 5) is 12.2. The van der Waals surface area contributed by atoms with Gasteiger partial charge in [0.05, 0.1) is 5.56 Å². The second-order valence-electron chi connectivity index (χ2n) is 6.66. The van der Waals surface area contributed by atoms with Crippen LogP contribution in [0.5, 0.6) is 0 Å². The molecule has 0 spiro atoms. The summed E-state index contributed by atoms with van der Waals surface area (Å²) in [6, 6.07) is 7.14. The molecule has 0 aliphatic heterocycles. The van der Waals surface area contributed by atoms with E-state index in [-0.39, 0.29) is 16.9 Å². The summed E-state index contributed by atoms with van der Waals surface area (Å²) in [5.41, 5.74) is 6.78. The first-order chi connectivity index (χ1) is 8.11. The Morgan fingerprint density at radius 2 is 1.72 bits per heavy atom. The van der Waals surface area contributed by atoms with Crippen molar-refractivity contribution in [3.05, 3.63) is 29.8 Å². The summed E-state index contributed by atoms with van der Waals surface area (Å²) in [6.45, 7) is 10.6. The molecule has 3 nitrogen and oxygen atoms in total. The van der Waals surface area contributed by atoms with Crippen LogP contribution >= 0.6 is 0 Å². The molecule has 0 bridgehead atoms. The number of nitrogen functional groups attached to an aromatic ring is 1. The molecule has 0 saturated carbocycles. The van der Waals surface area contributed by atoms with Crippen LogP contribution in [0.2, 0.25) is 0 Å². The van der Waals surface area contributed by atoms with Crippen molar-refractivity contribution in [3.8, 4) is 0 Å². The maximum Gasteiger partial charge on any atom is 0.253 e. The van der Waals surface area contributed by atoms with Gasteiger partial charge in [-0.3, -0.25) is 4.79 Å². The van der Waals surface area contributed by atoms with E-state index in [1.54, 1.807) is 12.1 Å². The van der Waals surface area contributed by atoms with Crippen molar-refractivity contribution in [2.45, 2.75) is 46.6 Å². The Bertz CT molecular complexity index is 430. The number of hydrogen-bond acceptors (Lipinski definition) is 2. The van der Waals surface area contributed by atoms with Gasteiger partial charge in [-0.15, -0.1) is 0 Å². The minimum atomic E-state index is -0.252. The van der Waals surface area contributed by atoms with Crippen LogP contribution in [0.1, 0.15) is 51.4 Å². The van der Waals surface area contributed by atoms with Crippen molar-refractivity contribution in [1.82, 2.24) is 5.32 Å². The number of carbonyl (C=O) groups excluding carboxylic acids is 1. The van der Waals surface area contributed by atoms with Gasteiger partial charge >= 0.3 is 0 Å². The van der Waals surface area contributed by atoms with E-state index in [1.807, 2.05) is 26.0 Å². The van der Waals surface area contributed by atoms with Gasteiger partial charge in [0.25, 0.3) is 5.91 Å². The fourth-order valence-corrected chi connectivity index (χ4v) is 2.45. The largest absolute Gasteiger partial charge is 0.398 e. The molecule has 1 amide bonds. The van der Waals surface area contributed by atoms with Gasteiger partial charge in [-0.05, 0) is 37.8 Å². The lowest BCUT2D eigenvalue weighted by molar-refractivity contribution is 0.0892. The van der Waals surface area contributed by atoms with E-state index >= 15 is 0 Å². The van der Waals surface area contributed by atoms with E-state index in [1.165, 1.54) is 0 Å². The van der Waals surface area contributed by atoms with E-state index in [4.69, 9.17) is 5.73 Å². The molecule has 3 heteroatoms. The van der Waals surface area contributed by atoms with E-state index in [0.717, 1.165) is 6.42 Å². The second kappa shape index (κ2) is 5.01. The Hall–Kier alpha value is -1.51. The standard InChI is InChI=1S/C15H24N2O/c1-14(2,3)10-15(4,5)17-13(18)11-8-6-7-9-12(11)16/h6-9H,10,16H2,1-5H3,(H,17,18). The molecule has 1 aromatic rings. The molecule has 1 rings (SSSR count).